The smallest absolute Gasteiger partial charge is 0.756 e. The summed E-state index contributed by atoms with van der Waals surface area (Å²) in [5.41, 5.74) is 10.6. The summed E-state index contributed by atoms with van der Waals surface area (Å²) in [5.74, 6) is 0. The second-order valence-corrected chi connectivity index (χ2v) is 11.7. The number of nitrogens with two attached hydrogens (primary N) is 2. The fraction of sp³-hybridized carbons (Fsp3) is 1.00. The Kier molecular flexibility index (Phi) is 26.5. The zero-order valence-electron chi connectivity index (χ0n) is 20.7. The van der Waals surface area contributed by atoms with Crippen LogP contribution in [0.5, 0.6) is 0 Å². The average molecular weight is 658 g/mol. The number of phosphoric ester groups is 3. The van der Waals surface area contributed by atoms with Crippen LogP contribution in [0.2, 0.25) is 0 Å². The minimum absolute atomic E-state index is 0. The Bertz CT molecular complexity index is 547. The van der Waals surface area contributed by atoms with E-state index in [1.807, 2.05) is 0 Å². The van der Waals surface area contributed by atoms with Crippen LogP contribution in [-0.2, 0) is 73.5 Å². The third-order valence-corrected chi connectivity index (χ3v) is 7.26. The maximum absolute atomic E-state index is 10.5. The Morgan fingerprint density at radius 1 is 0.472 bits per heavy atom. The van der Waals surface area contributed by atoms with Crippen molar-refractivity contribution in [3.8, 4) is 0 Å². The van der Waals surface area contributed by atoms with Crippen LogP contribution in [0.4, 0.5) is 0 Å². The number of hydrogen-bond acceptors (Lipinski definition) is 14. The molecule has 0 aliphatic carbocycles. The van der Waals surface area contributed by atoms with Gasteiger partial charge in [0.05, 0.1) is 39.6 Å². The molecule has 0 bridgehead atoms. The van der Waals surface area contributed by atoms with Crippen LogP contribution in [0.25, 0.3) is 0 Å². The monoisotopic (exact) mass is 658 g/mol. The Balaban J connectivity index is 0. The molecular formula is C18H40N2O12P3Y. The first-order valence-electron chi connectivity index (χ1n) is 11.7. The molecule has 3 rings (SSSR count). The number of unbranched alkanes of at least 4 members (excludes halogenated alkanes) is 3. The SMILES string of the molecule is NCCCCCCN.O=P1([O-])OCCCCO1.O=P1([O-])OCCCCO1.O=P1([O-])OCCCCO1.[Y+3]. The first-order valence-corrected chi connectivity index (χ1v) is 16.1. The molecule has 0 unspecified atom stereocenters. The molecule has 0 atom stereocenters. The zero-order chi connectivity index (χ0) is 26.5. The Morgan fingerprint density at radius 2 is 0.667 bits per heavy atom. The first-order chi connectivity index (χ1) is 16.5. The molecule has 0 aromatic heterocycles. The number of hydrogen-bond donors (Lipinski definition) is 2. The maximum Gasteiger partial charge on any atom is 3.00 e. The van der Waals surface area contributed by atoms with Crippen LogP contribution >= 0.6 is 23.5 Å². The molecule has 36 heavy (non-hydrogen) atoms. The third kappa shape index (κ3) is 26.9. The maximum atomic E-state index is 10.5. The summed E-state index contributed by atoms with van der Waals surface area (Å²) in [6.45, 7) is 3.24. The molecule has 0 saturated carbocycles. The van der Waals surface area contributed by atoms with Gasteiger partial charge in [0, 0.05) is 0 Å². The van der Waals surface area contributed by atoms with E-state index in [4.69, 9.17) is 11.5 Å². The van der Waals surface area contributed by atoms with E-state index in [1.54, 1.807) is 0 Å². The van der Waals surface area contributed by atoms with Gasteiger partial charge in [0.2, 0.25) is 0 Å². The second-order valence-electron chi connectivity index (χ2n) is 7.45. The normalized spacial score (nSPS) is 22.6. The number of phosphoric acid groups is 3. The molecule has 3 saturated heterocycles. The van der Waals surface area contributed by atoms with Gasteiger partial charge in [0.15, 0.2) is 0 Å². The van der Waals surface area contributed by atoms with Gasteiger partial charge in [-0.1, -0.05) is 12.8 Å². The van der Waals surface area contributed by atoms with Crippen LogP contribution in [-0.4, -0.2) is 52.7 Å². The largest absolute Gasteiger partial charge is 3.00 e. The van der Waals surface area contributed by atoms with Crippen LogP contribution in [0.1, 0.15) is 64.2 Å². The molecule has 18 heteroatoms. The van der Waals surface area contributed by atoms with E-state index in [0.29, 0.717) is 0 Å². The van der Waals surface area contributed by atoms with Gasteiger partial charge < -0.3 is 53.3 Å². The van der Waals surface area contributed by atoms with E-state index in [0.717, 1.165) is 64.5 Å². The summed E-state index contributed by atoms with van der Waals surface area (Å²) < 4.78 is 57.6. The van der Waals surface area contributed by atoms with Gasteiger partial charge in [0.25, 0.3) is 23.5 Å². The summed E-state index contributed by atoms with van der Waals surface area (Å²) >= 11 is 0. The van der Waals surface area contributed by atoms with E-state index in [2.05, 4.69) is 27.1 Å². The Labute approximate surface area is 239 Å². The summed E-state index contributed by atoms with van der Waals surface area (Å²) in [5, 5.41) is 0. The molecule has 0 amide bonds. The Morgan fingerprint density at radius 3 is 0.833 bits per heavy atom. The Hall–Kier alpha value is 1.35. The van der Waals surface area contributed by atoms with E-state index in [-0.39, 0.29) is 72.4 Å². The second kappa shape index (κ2) is 24.2. The van der Waals surface area contributed by atoms with Crippen molar-refractivity contribution in [2.45, 2.75) is 64.2 Å². The van der Waals surface area contributed by atoms with E-state index >= 15 is 0 Å². The summed E-state index contributed by atoms with van der Waals surface area (Å²) in [4.78, 5) is 31.4. The van der Waals surface area contributed by atoms with Gasteiger partial charge in [-0.2, -0.15) is 0 Å². The molecule has 3 fully saturated rings. The van der Waals surface area contributed by atoms with Crippen molar-refractivity contribution < 1.29 is 88.2 Å². The molecule has 3 heterocycles. The van der Waals surface area contributed by atoms with Crippen LogP contribution < -0.4 is 26.1 Å². The molecule has 212 valence electrons. The van der Waals surface area contributed by atoms with E-state index in [1.165, 1.54) is 12.8 Å². The molecule has 4 N–H and O–H groups in total. The topological polar surface area (TPSA) is 228 Å². The van der Waals surface area contributed by atoms with Crippen LogP contribution in [0.15, 0.2) is 0 Å². The van der Waals surface area contributed by atoms with Crippen molar-refractivity contribution in [3.05, 3.63) is 0 Å². The predicted molar refractivity (Wildman–Crippen MR) is 123 cm³/mol. The van der Waals surface area contributed by atoms with Crippen molar-refractivity contribution in [3.63, 3.8) is 0 Å². The molecule has 0 spiro atoms. The molecule has 3 aliphatic heterocycles. The quantitative estimate of drug-likeness (QED) is 0.314. The van der Waals surface area contributed by atoms with Crippen molar-refractivity contribution in [1.82, 2.24) is 0 Å². The fourth-order valence-corrected chi connectivity index (χ4v) is 4.76. The third-order valence-electron chi connectivity index (χ3n) is 4.27. The van der Waals surface area contributed by atoms with Gasteiger partial charge in [-0.05, 0) is 64.5 Å². The van der Waals surface area contributed by atoms with E-state index in [9.17, 15) is 28.4 Å². The van der Waals surface area contributed by atoms with Crippen molar-refractivity contribution in [1.29, 1.82) is 0 Å². The van der Waals surface area contributed by atoms with Crippen LogP contribution in [0.3, 0.4) is 0 Å². The van der Waals surface area contributed by atoms with Gasteiger partial charge in [-0.3, -0.25) is 13.7 Å². The summed E-state index contributed by atoms with van der Waals surface area (Å²) in [6.07, 6.45) is 9.33. The number of rotatable bonds is 5. The average Bonchev–Trinajstić information content (AvgIpc) is 3.22. The minimum atomic E-state index is -3.88. The fourth-order valence-electron chi connectivity index (χ4n) is 2.42. The van der Waals surface area contributed by atoms with Gasteiger partial charge in [0.1, 0.15) is 0 Å². The molecule has 3 aliphatic rings. The molecule has 0 aromatic rings. The molecular weight excluding hydrogens is 618 g/mol. The standard InChI is InChI=1S/C6H16N2.3C4H9O4P.Y/c7-5-3-1-2-4-6-8;3*5-9(6)7-3-1-2-4-8-9;/h1-8H2;3*1-4H2,(H,5,6);/q;;;;+3/p-3. The van der Waals surface area contributed by atoms with Crippen molar-refractivity contribution >= 4 is 23.5 Å². The van der Waals surface area contributed by atoms with Gasteiger partial charge in [-0.25, -0.2) is 0 Å². The van der Waals surface area contributed by atoms with Crippen molar-refractivity contribution in [2.24, 2.45) is 11.5 Å². The van der Waals surface area contributed by atoms with Gasteiger partial charge >= 0.3 is 32.7 Å². The summed E-state index contributed by atoms with van der Waals surface area (Å²) in [6, 6.07) is 0. The van der Waals surface area contributed by atoms with Gasteiger partial charge in [-0.15, -0.1) is 0 Å². The van der Waals surface area contributed by atoms with E-state index < -0.39 is 23.5 Å². The molecule has 0 radical (unpaired) electrons. The summed E-state index contributed by atoms with van der Waals surface area (Å²) in [7, 11) is -11.6. The predicted octanol–water partition coefficient (Wildman–Crippen LogP) is 1.31. The minimum Gasteiger partial charge on any atom is -0.756 e. The zero-order valence-corrected chi connectivity index (χ0v) is 26.2. The van der Waals surface area contributed by atoms with Crippen molar-refractivity contribution in [2.75, 3.05) is 52.7 Å². The van der Waals surface area contributed by atoms with Crippen LogP contribution in [0, 0.1) is 0 Å². The first kappa shape index (κ1) is 39.5. The molecule has 0 aromatic carbocycles. The molecule has 14 nitrogen and oxygen atoms in total.